The van der Waals surface area contributed by atoms with Crippen molar-refractivity contribution in [2.45, 2.75) is 39.5 Å². The second-order valence-corrected chi connectivity index (χ2v) is 6.05. The number of hydrogen-bond donors (Lipinski definition) is 1. The van der Waals surface area contributed by atoms with Gasteiger partial charge in [0.25, 0.3) is 0 Å². The number of ether oxygens (including phenoxy) is 1. The van der Waals surface area contributed by atoms with Crippen molar-refractivity contribution in [2.75, 3.05) is 5.32 Å². The molecule has 1 N–H and O–H groups in total. The maximum absolute atomic E-state index is 12.6. The van der Waals surface area contributed by atoms with Gasteiger partial charge in [0.1, 0.15) is 12.4 Å². The molecule has 1 amide bonds. The molecule has 0 spiro atoms. The van der Waals surface area contributed by atoms with Gasteiger partial charge in [0, 0.05) is 12.1 Å². The molecule has 27 heavy (non-hydrogen) atoms. The van der Waals surface area contributed by atoms with Crippen LogP contribution < -0.4 is 10.1 Å². The molecule has 2 rings (SSSR count). The molecule has 0 bridgehead atoms. The minimum atomic E-state index is -4.39. The first-order valence-corrected chi connectivity index (χ1v) is 8.44. The lowest BCUT2D eigenvalue weighted by atomic mass is 10.1. The Hall–Kier alpha value is -2.83. The van der Waals surface area contributed by atoms with E-state index in [1.165, 1.54) is 25.1 Å². The Bertz CT molecular complexity index is 814. The highest BCUT2D eigenvalue weighted by Gasteiger charge is 2.29. The van der Waals surface area contributed by atoms with E-state index in [0.717, 1.165) is 12.1 Å². The van der Waals surface area contributed by atoms with Crippen LogP contribution in [0.3, 0.4) is 0 Å². The number of nitrogens with one attached hydrogen (secondary N) is 1. The highest BCUT2D eigenvalue weighted by molar-refractivity contribution is 5.99. The first-order chi connectivity index (χ1) is 12.7. The van der Waals surface area contributed by atoms with E-state index in [2.05, 4.69) is 5.32 Å². The molecule has 0 aliphatic carbocycles. The van der Waals surface area contributed by atoms with E-state index in [4.69, 9.17) is 4.74 Å². The fraction of sp³-hybridized carbons (Fsp3) is 0.300. The Balaban J connectivity index is 2.11. The van der Waals surface area contributed by atoms with Gasteiger partial charge in [-0.2, -0.15) is 13.2 Å². The third kappa shape index (κ3) is 5.84. The first-order valence-electron chi connectivity index (χ1n) is 8.44. The molecule has 0 fully saturated rings. The number of rotatable bonds is 7. The molecule has 144 valence electrons. The molecular formula is C20H20F3NO3. The van der Waals surface area contributed by atoms with Crippen molar-refractivity contribution in [3.63, 3.8) is 0 Å². The molecule has 7 heteroatoms. The Morgan fingerprint density at radius 3 is 2.30 bits per heavy atom. The molecule has 0 saturated heterocycles. The standard InChI is InChI=1S/C20H20F3NO3/c1-3-4-19(26)24-16-9-10-18(17(11-16)13(2)25)27-12-14-5-7-15(8-6-14)20(21,22)23/h5-11H,3-4,12H2,1-2H3,(H,24,26). The molecule has 0 aliphatic rings. The highest BCUT2D eigenvalue weighted by atomic mass is 19.4. The first kappa shape index (κ1) is 20.5. The topological polar surface area (TPSA) is 55.4 Å². The number of ketones is 1. The Morgan fingerprint density at radius 1 is 1.07 bits per heavy atom. The molecule has 4 nitrogen and oxygen atoms in total. The number of carbonyl (C=O) groups is 2. The van der Waals surface area contributed by atoms with Crippen LogP contribution in [0.25, 0.3) is 0 Å². The summed E-state index contributed by atoms with van der Waals surface area (Å²) in [5.41, 5.74) is 0.581. The lowest BCUT2D eigenvalue weighted by Crippen LogP contribution is -2.11. The van der Waals surface area contributed by atoms with Gasteiger partial charge in [0.2, 0.25) is 5.91 Å². The minimum absolute atomic E-state index is 0.0138. The van der Waals surface area contributed by atoms with Gasteiger partial charge >= 0.3 is 6.18 Å². The summed E-state index contributed by atoms with van der Waals surface area (Å²) in [6.07, 6.45) is -3.31. The van der Waals surface area contributed by atoms with Crippen LogP contribution in [0.4, 0.5) is 18.9 Å². The number of carbonyl (C=O) groups excluding carboxylic acids is 2. The zero-order chi connectivity index (χ0) is 20.0. The van der Waals surface area contributed by atoms with Crippen LogP contribution in [-0.2, 0) is 17.6 Å². The number of amides is 1. The summed E-state index contributed by atoms with van der Waals surface area (Å²) in [7, 11) is 0. The van der Waals surface area contributed by atoms with Gasteiger partial charge in [-0.05, 0) is 49.2 Å². The lowest BCUT2D eigenvalue weighted by Gasteiger charge is -2.13. The Morgan fingerprint density at radius 2 is 1.74 bits per heavy atom. The maximum atomic E-state index is 12.6. The van der Waals surface area contributed by atoms with Crippen LogP contribution in [0.5, 0.6) is 5.75 Å². The molecule has 0 aromatic heterocycles. The van der Waals surface area contributed by atoms with Gasteiger partial charge < -0.3 is 10.1 Å². The second-order valence-electron chi connectivity index (χ2n) is 6.05. The van der Waals surface area contributed by atoms with Crippen molar-refractivity contribution in [3.05, 3.63) is 59.2 Å². The summed E-state index contributed by atoms with van der Waals surface area (Å²) in [4.78, 5) is 23.6. The number of anilines is 1. The molecule has 0 saturated carbocycles. The third-order valence-corrected chi connectivity index (χ3v) is 3.80. The number of Topliss-reactive ketones (excluding diaryl/α,β-unsaturated/α-hetero) is 1. The van der Waals surface area contributed by atoms with E-state index < -0.39 is 11.7 Å². The fourth-order valence-electron chi connectivity index (χ4n) is 2.41. The van der Waals surface area contributed by atoms with Crippen molar-refractivity contribution in [2.24, 2.45) is 0 Å². The Labute approximate surface area is 155 Å². The van der Waals surface area contributed by atoms with Crippen LogP contribution in [0.15, 0.2) is 42.5 Å². The molecule has 0 aliphatic heterocycles. The van der Waals surface area contributed by atoms with E-state index in [1.807, 2.05) is 6.92 Å². The Kier molecular flexibility index (Phi) is 6.60. The zero-order valence-electron chi connectivity index (χ0n) is 15.0. The largest absolute Gasteiger partial charge is 0.488 e. The number of alkyl halides is 3. The third-order valence-electron chi connectivity index (χ3n) is 3.80. The van der Waals surface area contributed by atoms with Gasteiger partial charge in [-0.15, -0.1) is 0 Å². The number of benzene rings is 2. The van der Waals surface area contributed by atoms with E-state index in [9.17, 15) is 22.8 Å². The van der Waals surface area contributed by atoms with Crippen molar-refractivity contribution < 1.29 is 27.5 Å². The predicted molar refractivity (Wildman–Crippen MR) is 95.8 cm³/mol. The second kappa shape index (κ2) is 8.70. The molecule has 0 radical (unpaired) electrons. The van der Waals surface area contributed by atoms with E-state index in [-0.39, 0.29) is 23.9 Å². The van der Waals surface area contributed by atoms with Gasteiger partial charge in [0.15, 0.2) is 5.78 Å². The molecule has 2 aromatic carbocycles. The molecule has 2 aromatic rings. The molecule has 0 heterocycles. The van der Waals surface area contributed by atoms with Crippen LogP contribution >= 0.6 is 0 Å². The molecule has 0 atom stereocenters. The quantitative estimate of drug-likeness (QED) is 0.671. The van der Waals surface area contributed by atoms with Crippen LogP contribution in [0.2, 0.25) is 0 Å². The minimum Gasteiger partial charge on any atom is -0.488 e. The van der Waals surface area contributed by atoms with Gasteiger partial charge in [-0.1, -0.05) is 19.1 Å². The smallest absolute Gasteiger partial charge is 0.416 e. The summed E-state index contributed by atoms with van der Waals surface area (Å²) < 4.78 is 43.4. The SMILES string of the molecule is CCCC(=O)Nc1ccc(OCc2ccc(C(F)(F)F)cc2)c(C(C)=O)c1. The molecule has 0 unspecified atom stereocenters. The van der Waals surface area contributed by atoms with Crippen LogP contribution in [-0.4, -0.2) is 11.7 Å². The van der Waals surface area contributed by atoms with Gasteiger partial charge in [-0.3, -0.25) is 9.59 Å². The monoisotopic (exact) mass is 379 g/mol. The maximum Gasteiger partial charge on any atom is 0.416 e. The summed E-state index contributed by atoms with van der Waals surface area (Å²) >= 11 is 0. The van der Waals surface area contributed by atoms with Crippen molar-refractivity contribution >= 4 is 17.4 Å². The van der Waals surface area contributed by atoms with Crippen molar-refractivity contribution in [3.8, 4) is 5.75 Å². The fourth-order valence-corrected chi connectivity index (χ4v) is 2.41. The summed E-state index contributed by atoms with van der Waals surface area (Å²) in [6, 6.07) is 9.32. The van der Waals surface area contributed by atoms with E-state index in [0.29, 0.717) is 29.8 Å². The van der Waals surface area contributed by atoms with E-state index in [1.54, 1.807) is 12.1 Å². The van der Waals surface area contributed by atoms with Crippen molar-refractivity contribution in [1.29, 1.82) is 0 Å². The number of halogens is 3. The van der Waals surface area contributed by atoms with E-state index >= 15 is 0 Å². The average molecular weight is 379 g/mol. The zero-order valence-corrected chi connectivity index (χ0v) is 15.0. The average Bonchev–Trinajstić information content (AvgIpc) is 2.60. The van der Waals surface area contributed by atoms with Crippen molar-refractivity contribution in [1.82, 2.24) is 0 Å². The van der Waals surface area contributed by atoms with Crippen LogP contribution in [0, 0.1) is 0 Å². The number of hydrogen-bond acceptors (Lipinski definition) is 3. The summed E-state index contributed by atoms with van der Waals surface area (Å²) in [6.45, 7) is 3.27. The summed E-state index contributed by atoms with van der Waals surface area (Å²) in [5.74, 6) is -0.0923. The van der Waals surface area contributed by atoms with Crippen LogP contribution in [0.1, 0.15) is 48.2 Å². The highest BCUT2D eigenvalue weighted by Crippen LogP contribution is 2.29. The summed E-state index contributed by atoms with van der Waals surface area (Å²) in [5, 5.41) is 2.71. The normalized spacial score (nSPS) is 11.1. The predicted octanol–water partition coefficient (Wildman–Crippen LogP) is 5.23. The van der Waals surface area contributed by atoms with Gasteiger partial charge in [0.05, 0.1) is 11.1 Å². The van der Waals surface area contributed by atoms with Gasteiger partial charge in [-0.25, -0.2) is 0 Å². The molecular weight excluding hydrogens is 359 g/mol. The lowest BCUT2D eigenvalue weighted by molar-refractivity contribution is -0.137.